The normalized spacial score (nSPS) is 17.6. The molecule has 2 aromatic heterocycles. The van der Waals surface area contributed by atoms with Crippen molar-refractivity contribution in [1.82, 2.24) is 9.88 Å². The van der Waals surface area contributed by atoms with Crippen LogP contribution in [0.25, 0.3) is 55.0 Å². The molecule has 5 heteroatoms. The standard InChI is InChI=1S/C45H32N4O/c1-2-11-30(12-3-1)43-46-44(31-23-21-29(22-24-31)34-16-10-17-38-37-15-6-9-20-41(37)50-42(34)38)48-45(47-43)32-25-27-33(28-26-32)49-39-18-7-4-13-35(39)36-14-5-8-19-40(36)49/h1-23,25-28,31,45H,24H2,(H,46,47,48). The maximum Gasteiger partial charge on any atom is 0.169 e. The number of nitrogens with one attached hydrogen (secondary N) is 1. The fourth-order valence-electron chi connectivity index (χ4n) is 7.54. The molecule has 238 valence electrons. The van der Waals surface area contributed by atoms with Crippen LogP contribution in [0.3, 0.4) is 0 Å². The number of hydrogen-bond acceptors (Lipinski definition) is 4. The van der Waals surface area contributed by atoms with Gasteiger partial charge in [0.25, 0.3) is 0 Å². The Bertz CT molecular complexity index is 2650. The molecular weight excluding hydrogens is 613 g/mol. The van der Waals surface area contributed by atoms with Crippen molar-refractivity contribution in [1.29, 1.82) is 0 Å². The quantitative estimate of drug-likeness (QED) is 0.203. The molecule has 1 aliphatic carbocycles. The van der Waals surface area contributed by atoms with Crippen LogP contribution in [0.15, 0.2) is 178 Å². The van der Waals surface area contributed by atoms with E-state index in [2.05, 4.69) is 156 Å². The highest BCUT2D eigenvalue weighted by Crippen LogP contribution is 2.37. The van der Waals surface area contributed by atoms with Crippen molar-refractivity contribution in [2.75, 3.05) is 0 Å². The number of aromatic nitrogens is 1. The number of rotatable bonds is 5. The van der Waals surface area contributed by atoms with Crippen molar-refractivity contribution < 1.29 is 4.42 Å². The number of fused-ring (bicyclic) bond motifs is 6. The van der Waals surface area contributed by atoms with E-state index in [4.69, 9.17) is 14.4 Å². The Balaban J connectivity index is 0.990. The minimum Gasteiger partial charge on any atom is -0.455 e. The number of aliphatic imine (C=N–C) groups is 2. The summed E-state index contributed by atoms with van der Waals surface area (Å²) in [5.74, 6) is 1.84. The van der Waals surface area contributed by atoms with Crippen molar-refractivity contribution in [3.8, 4) is 5.69 Å². The van der Waals surface area contributed by atoms with Gasteiger partial charge in [0.2, 0.25) is 0 Å². The van der Waals surface area contributed by atoms with Crippen molar-refractivity contribution in [3.63, 3.8) is 0 Å². The van der Waals surface area contributed by atoms with Crippen LogP contribution in [0.5, 0.6) is 0 Å². The minimum atomic E-state index is -0.364. The molecule has 0 saturated heterocycles. The SMILES string of the molecule is C1=CC(C2=NC(c3ccc(-n4c5ccccc5c5ccccc54)cc3)N=C(c3ccccc3)N2)CC=C1c1cccc2c1oc1ccccc12. The van der Waals surface area contributed by atoms with Gasteiger partial charge in [0.05, 0.1) is 11.0 Å². The summed E-state index contributed by atoms with van der Waals surface area (Å²) in [6.45, 7) is 0. The predicted molar refractivity (Wildman–Crippen MR) is 206 cm³/mol. The van der Waals surface area contributed by atoms with E-state index in [1.165, 1.54) is 21.8 Å². The molecule has 0 fully saturated rings. The van der Waals surface area contributed by atoms with Crippen LogP contribution in [0.1, 0.15) is 29.3 Å². The third-order valence-corrected chi connectivity index (χ3v) is 10.0. The zero-order chi connectivity index (χ0) is 33.0. The van der Waals surface area contributed by atoms with Gasteiger partial charge in [0, 0.05) is 44.3 Å². The first-order valence-electron chi connectivity index (χ1n) is 17.1. The topological polar surface area (TPSA) is 54.8 Å². The van der Waals surface area contributed by atoms with Crippen molar-refractivity contribution in [2.24, 2.45) is 15.9 Å². The van der Waals surface area contributed by atoms with Crippen LogP contribution in [0.4, 0.5) is 0 Å². The Labute approximate surface area is 289 Å². The van der Waals surface area contributed by atoms with Gasteiger partial charge in [0.1, 0.15) is 22.8 Å². The number of allylic oxidation sites excluding steroid dienone is 3. The molecule has 0 spiro atoms. The van der Waals surface area contributed by atoms with E-state index < -0.39 is 0 Å². The Hall–Kier alpha value is -6.46. The van der Waals surface area contributed by atoms with E-state index in [1.807, 2.05) is 18.2 Å². The Morgan fingerprint density at radius 3 is 2.04 bits per heavy atom. The van der Waals surface area contributed by atoms with Crippen LogP contribution in [0.2, 0.25) is 0 Å². The smallest absolute Gasteiger partial charge is 0.169 e. The van der Waals surface area contributed by atoms with Gasteiger partial charge in [-0.05, 0) is 47.9 Å². The lowest BCUT2D eigenvalue weighted by Gasteiger charge is -2.27. The molecule has 0 radical (unpaired) electrons. The summed E-state index contributed by atoms with van der Waals surface area (Å²) in [5, 5.41) is 8.41. The van der Waals surface area contributed by atoms with E-state index in [9.17, 15) is 0 Å². The average Bonchev–Trinajstić information content (AvgIpc) is 3.74. The van der Waals surface area contributed by atoms with Crippen LogP contribution in [0, 0.1) is 5.92 Å². The van der Waals surface area contributed by atoms with Crippen molar-refractivity contribution in [3.05, 3.63) is 181 Å². The van der Waals surface area contributed by atoms with E-state index in [0.717, 1.165) is 68.0 Å². The molecule has 5 nitrogen and oxygen atoms in total. The summed E-state index contributed by atoms with van der Waals surface area (Å²) in [4.78, 5) is 10.4. The molecule has 0 amide bonds. The summed E-state index contributed by atoms with van der Waals surface area (Å²) >= 11 is 0. The van der Waals surface area contributed by atoms with Gasteiger partial charge in [-0.25, -0.2) is 9.98 Å². The van der Waals surface area contributed by atoms with Gasteiger partial charge in [0.15, 0.2) is 6.17 Å². The maximum absolute atomic E-state index is 6.35. The van der Waals surface area contributed by atoms with E-state index >= 15 is 0 Å². The third-order valence-electron chi connectivity index (χ3n) is 10.0. The zero-order valence-electron chi connectivity index (χ0n) is 27.2. The molecule has 6 aromatic carbocycles. The monoisotopic (exact) mass is 644 g/mol. The van der Waals surface area contributed by atoms with Crippen molar-refractivity contribution >= 4 is 61.0 Å². The molecule has 0 bridgehead atoms. The second kappa shape index (κ2) is 11.6. The first kappa shape index (κ1) is 28.5. The van der Waals surface area contributed by atoms with Gasteiger partial charge in [-0.3, -0.25) is 0 Å². The Morgan fingerprint density at radius 2 is 1.30 bits per heavy atom. The van der Waals surface area contributed by atoms with Gasteiger partial charge >= 0.3 is 0 Å². The maximum atomic E-state index is 6.35. The number of furan rings is 1. The largest absolute Gasteiger partial charge is 0.455 e. The molecule has 1 N–H and O–H groups in total. The molecule has 2 unspecified atom stereocenters. The Kier molecular flexibility index (Phi) is 6.62. The summed E-state index contributed by atoms with van der Waals surface area (Å²) in [5.41, 5.74) is 9.71. The van der Waals surface area contributed by atoms with E-state index in [-0.39, 0.29) is 12.1 Å². The lowest BCUT2D eigenvalue weighted by Crippen LogP contribution is -2.39. The molecule has 50 heavy (non-hydrogen) atoms. The predicted octanol–water partition coefficient (Wildman–Crippen LogP) is 10.8. The molecular formula is C45H32N4O. The molecule has 3 heterocycles. The Morgan fingerprint density at radius 1 is 0.620 bits per heavy atom. The first-order chi connectivity index (χ1) is 24.8. The number of benzene rings is 6. The molecule has 1 aliphatic heterocycles. The molecule has 2 atom stereocenters. The van der Waals surface area contributed by atoms with Gasteiger partial charge in [-0.2, -0.15) is 0 Å². The van der Waals surface area contributed by atoms with Crippen molar-refractivity contribution in [2.45, 2.75) is 12.6 Å². The third kappa shape index (κ3) is 4.70. The second-order valence-electron chi connectivity index (χ2n) is 13.0. The highest BCUT2D eigenvalue weighted by Gasteiger charge is 2.25. The first-order valence-corrected chi connectivity index (χ1v) is 17.1. The van der Waals surface area contributed by atoms with Crippen LogP contribution < -0.4 is 5.32 Å². The molecule has 8 aromatic rings. The van der Waals surface area contributed by atoms with Crippen LogP contribution >= 0.6 is 0 Å². The lowest BCUT2D eigenvalue weighted by atomic mass is 9.91. The summed E-state index contributed by atoms with van der Waals surface area (Å²) in [7, 11) is 0. The highest BCUT2D eigenvalue weighted by atomic mass is 16.3. The van der Waals surface area contributed by atoms with E-state index in [1.54, 1.807) is 0 Å². The summed E-state index contributed by atoms with van der Waals surface area (Å²) in [6, 6.07) is 50.9. The number of para-hydroxylation sites is 4. The lowest BCUT2D eigenvalue weighted by molar-refractivity contribution is 0.667. The minimum absolute atomic E-state index is 0.0854. The fourth-order valence-corrected chi connectivity index (χ4v) is 7.54. The molecule has 0 saturated carbocycles. The number of amidine groups is 2. The van der Waals surface area contributed by atoms with Gasteiger partial charge < -0.3 is 14.3 Å². The summed E-state index contributed by atoms with van der Waals surface area (Å²) < 4.78 is 8.69. The second-order valence-corrected chi connectivity index (χ2v) is 13.0. The average molecular weight is 645 g/mol. The van der Waals surface area contributed by atoms with E-state index in [0.29, 0.717) is 0 Å². The molecule has 10 rings (SSSR count). The molecule has 2 aliphatic rings. The van der Waals surface area contributed by atoms with Gasteiger partial charge in [-0.15, -0.1) is 0 Å². The summed E-state index contributed by atoms with van der Waals surface area (Å²) in [6.07, 6.45) is 7.23. The number of hydrogen-bond donors (Lipinski definition) is 1. The highest BCUT2D eigenvalue weighted by molar-refractivity contribution is 6.12. The number of nitrogens with zero attached hydrogens (tertiary/aromatic N) is 3. The van der Waals surface area contributed by atoms with Crippen LogP contribution in [-0.2, 0) is 0 Å². The van der Waals surface area contributed by atoms with Crippen LogP contribution in [-0.4, -0.2) is 16.2 Å². The fraction of sp³-hybridized carbons (Fsp3) is 0.0667. The zero-order valence-corrected chi connectivity index (χ0v) is 27.2. The van der Waals surface area contributed by atoms with Gasteiger partial charge in [-0.1, -0.05) is 133 Å².